The molecule has 1 unspecified atom stereocenters. The van der Waals surface area contributed by atoms with E-state index in [4.69, 9.17) is 20.6 Å². The molecule has 19 heavy (non-hydrogen) atoms. The Labute approximate surface area is 118 Å². The van der Waals surface area contributed by atoms with Crippen molar-refractivity contribution in [3.8, 4) is 0 Å². The van der Waals surface area contributed by atoms with Gasteiger partial charge in [-0.25, -0.2) is 0 Å². The second-order valence-corrected chi connectivity index (χ2v) is 6.92. The Morgan fingerprint density at radius 2 is 1.89 bits per heavy atom. The summed E-state index contributed by atoms with van der Waals surface area (Å²) in [6, 6.07) is 0. The summed E-state index contributed by atoms with van der Waals surface area (Å²) in [6.07, 6.45) is 1.73. The third-order valence-corrected chi connectivity index (χ3v) is 6.40. The zero-order chi connectivity index (χ0) is 14.5. The molecule has 0 saturated heterocycles. The van der Waals surface area contributed by atoms with E-state index in [9.17, 15) is 14.2 Å². The maximum absolute atomic E-state index is 13.0. The number of hydrogen-bond acceptors (Lipinski definition) is 5. The Morgan fingerprint density at radius 1 is 1.32 bits per heavy atom. The third kappa shape index (κ3) is 2.94. The Morgan fingerprint density at radius 3 is 2.32 bits per heavy atom. The highest BCUT2D eigenvalue weighted by molar-refractivity contribution is 7.58. The summed E-state index contributed by atoms with van der Waals surface area (Å²) < 4.78 is 23.4. The van der Waals surface area contributed by atoms with Crippen molar-refractivity contribution >= 4 is 30.8 Å². The number of ketones is 2. The van der Waals surface area contributed by atoms with Gasteiger partial charge in [0.15, 0.2) is 16.7 Å². The largest absolute Gasteiger partial charge is 0.351 e. The SMILES string of the molecule is CCOP(=O)(OCC)C1(C(=O)CCl)CCCCC1=O. The van der Waals surface area contributed by atoms with Crippen LogP contribution in [0.15, 0.2) is 0 Å². The van der Waals surface area contributed by atoms with Gasteiger partial charge in [0.25, 0.3) is 0 Å². The molecule has 1 aliphatic rings. The lowest BCUT2D eigenvalue weighted by Gasteiger charge is -2.38. The Hall–Kier alpha value is -0.220. The minimum Gasteiger partial charge on any atom is -0.308 e. The number of rotatable bonds is 7. The number of carbonyl (C=O) groups is 2. The minimum atomic E-state index is -3.84. The fourth-order valence-corrected chi connectivity index (χ4v) is 5.21. The minimum absolute atomic E-state index is 0.113. The predicted molar refractivity (Wildman–Crippen MR) is 72.8 cm³/mol. The molecule has 0 amide bonds. The maximum Gasteiger partial charge on any atom is 0.351 e. The van der Waals surface area contributed by atoms with Gasteiger partial charge < -0.3 is 9.05 Å². The zero-order valence-electron chi connectivity index (χ0n) is 11.3. The van der Waals surface area contributed by atoms with E-state index >= 15 is 0 Å². The highest BCUT2D eigenvalue weighted by Crippen LogP contribution is 2.64. The van der Waals surface area contributed by atoms with Gasteiger partial charge in [0, 0.05) is 6.42 Å². The first-order chi connectivity index (χ1) is 8.98. The smallest absolute Gasteiger partial charge is 0.308 e. The van der Waals surface area contributed by atoms with Gasteiger partial charge in [0.05, 0.1) is 19.1 Å². The molecule has 0 N–H and O–H groups in total. The molecule has 1 atom stereocenters. The van der Waals surface area contributed by atoms with E-state index in [1.807, 2.05) is 0 Å². The molecular weight excluding hydrogens is 291 g/mol. The highest BCUT2D eigenvalue weighted by Gasteiger charge is 2.61. The van der Waals surface area contributed by atoms with Crippen LogP contribution in [0.25, 0.3) is 0 Å². The summed E-state index contributed by atoms with van der Waals surface area (Å²) in [7, 11) is -3.84. The van der Waals surface area contributed by atoms with Gasteiger partial charge in [-0.1, -0.05) is 6.42 Å². The molecule has 0 aromatic rings. The van der Waals surface area contributed by atoms with Crippen molar-refractivity contribution in [2.24, 2.45) is 0 Å². The summed E-state index contributed by atoms with van der Waals surface area (Å²) in [6.45, 7) is 3.53. The molecular formula is C12H20ClO5P. The third-order valence-electron chi connectivity index (χ3n) is 3.30. The lowest BCUT2D eigenvalue weighted by Crippen LogP contribution is -2.50. The van der Waals surface area contributed by atoms with E-state index in [0.29, 0.717) is 12.8 Å². The number of halogens is 1. The molecule has 0 aliphatic heterocycles. The number of Topliss-reactive ketones (excluding diaryl/α,β-unsaturated/α-hetero) is 2. The Kier molecular flexibility index (Phi) is 6.18. The average molecular weight is 311 g/mol. The fraction of sp³-hybridized carbons (Fsp3) is 0.833. The Balaban J connectivity index is 3.31. The van der Waals surface area contributed by atoms with E-state index in [-0.39, 0.29) is 37.7 Å². The molecule has 5 nitrogen and oxygen atoms in total. The van der Waals surface area contributed by atoms with Gasteiger partial charge in [0.1, 0.15) is 0 Å². The van der Waals surface area contributed by atoms with Crippen LogP contribution in [0.3, 0.4) is 0 Å². The molecule has 110 valence electrons. The van der Waals surface area contributed by atoms with E-state index in [1.165, 1.54) is 0 Å². The molecule has 1 aliphatic carbocycles. The van der Waals surface area contributed by atoms with Crippen LogP contribution in [0.2, 0.25) is 0 Å². The number of carbonyl (C=O) groups excluding carboxylic acids is 2. The van der Waals surface area contributed by atoms with Crippen LogP contribution >= 0.6 is 19.2 Å². The van der Waals surface area contributed by atoms with E-state index in [0.717, 1.165) is 0 Å². The van der Waals surface area contributed by atoms with Crippen molar-refractivity contribution < 1.29 is 23.2 Å². The predicted octanol–water partition coefficient (Wildman–Crippen LogP) is 2.94. The molecule has 0 radical (unpaired) electrons. The van der Waals surface area contributed by atoms with Gasteiger partial charge in [0.2, 0.25) is 0 Å². The molecule has 0 heterocycles. The molecule has 0 spiro atoms. The summed E-state index contributed by atoms with van der Waals surface area (Å²) in [5.74, 6) is -1.28. The van der Waals surface area contributed by atoms with Crippen LogP contribution in [0.4, 0.5) is 0 Å². The van der Waals surface area contributed by atoms with Gasteiger partial charge in [-0.3, -0.25) is 14.2 Å². The first-order valence-corrected chi connectivity index (χ1v) is 8.58. The standard InChI is InChI=1S/C12H20ClO5P/c1-3-17-19(16,18-4-2)12(11(15)9-13)8-6-5-7-10(12)14/h3-9H2,1-2H3. The van der Waals surface area contributed by atoms with Crippen LogP contribution in [-0.4, -0.2) is 35.8 Å². The van der Waals surface area contributed by atoms with Crippen LogP contribution in [0.1, 0.15) is 39.5 Å². The fourth-order valence-electron chi connectivity index (χ4n) is 2.46. The average Bonchev–Trinajstić information content (AvgIpc) is 2.39. The zero-order valence-corrected chi connectivity index (χ0v) is 13.0. The first-order valence-electron chi connectivity index (χ1n) is 6.50. The van der Waals surface area contributed by atoms with E-state index in [1.54, 1.807) is 13.8 Å². The van der Waals surface area contributed by atoms with Crippen molar-refractivity contribution in [1.29, 1.82) is 0 Å². The number of hydrogen-bond donors (Lipinski definition) is 0. The van der Waals surface area contributed by atoms with Crippen molar-refractivity contribution in [3.63, 3.8) is 0 Å². The van der Waals surface area contributed by atoms with Crippen LogP contribution in [-0.2, 0) is 23.2 Å². The van der Waals surface area contributed by atoms with Crippen LogP contribution in [0, 0.1) is 0 Å². The molecule has 1 rings (SSSR count). The molecule has 7 heteroatoms. The summed E-state index contributed by atoms with van der Waals surface area (Å²) in [5.41, 5.74) is 0. The molecule has 1 fully saturated rings. The molecule has 0 bridgehead atoms. The highest BCUT2D eigenvalue weighted by atomic mass is 35.5. The second-order valence-electron chi connectivity index (χ2n) is 4.38. The number of alkyl halides is 1. The van der Waals surface area contributed by atoms with Gasteiger partial charge in [-0.15, -0.1) is 11.6 Å². The first kappa shape index (κ1) is 16.8. The van der Waals surface area contributed by atoms with Gasteiger partial charge in [-0.05, 0) is 26.7 Å². The molecule has 1 saturated carbocycles. The summed E-state index contributed by atoms with van der Waals surface area (Å²) >= 11 is 5.61. The van der Waals surface area contributed by atoms with Gasteiger partial charge >= 0.3 is 7.60 Å². The van der Waals surface area contributed by atoms with E-state index in [2.05, 4.69) is 0 Å². The molecule has 0 aromatic heterocycles. The lowest BCUT2D eigenvalue weighted by molar-refractivity contribution is -0.132. The Bertz CT molecular complexity index is 378. The summed E-state index contributed by atoms with van der Waals surface area (Å²) in [5, 5.41) is -1.70. The lowest BCUT2D eigenvalue weighted by atomic mass is 9.84. The monoisotopic (exact) mass is 310 g/mol. The van der Waals surface area contributed by atoms with Crippen LogP contribution in [0.5, 0.6) is 0 Å². The second kappa shape index (κ2) is 6.98. The maximum atomic E-state index is 13.0. The van der Waals surface area contributed by atoms with E-state index < -0.39 is 18.5 Å². The van der Waals surface area contributed by atoms with Crippen molar-refractivity contribution in [3.05, 3.63) is 0 Å². The topological polar surface area (TPSA) is 69.7 Å². The van der Waals surface area contributed by atoms with Crippen LogP contribution < -0.4 is 0 Å². The van der Waals surface area contributed by atoms with Crippen molar-refractivity contribution in [2.75, 3.05) is 19.1 Å². The van der Waals surface area contributed by atoms with Crippen molar-refractivity contribution in [2.45, 2.75) is 44.7 Å². The quantitative estimate of drug-likeness (QED) is 0.411. The normalized spacial score (nSPS) is 24.5. The summed E-state index contributed by atoms with van der Waals surface area (Å²) in [4.78, 5) is 24.5. The molecule has 0 aromatic carbocycles. The van der Waals surface area contributed by atoms with Crippen molar-refractivity contribution in [1.82, 2.24) is 0 Å². The van der Waals surface area contributed by atoms with Gasteiger partial charge in [-0.2, -0.15) is 0 Å².